The lowest BCUT2D eigenvalue weighted by molar-refractivity contribution is 0.590. The van der Waals surface area contributed by atoms with Gasteiger partial charge in [0.2, 0.25) is 0 Å². The number of aromatic nitrogens is 2. The topological polar surface area (TPSA) is 29.9 Å². The first-order valence-corrected chi connectivity index (χ1v) is 7.84. The maximum atomic E-state index is 4.61. The van der Waals surface area contributed by atoms with E-state index < -0.39 is 0 Å². The van der Waals surface area contributed by atoms with Crippen molar-refractivity contribution < 1.29 is 0 Å². The fraction of sp³-hybridized carbons (Fsp3) is 0.500. The number of anilines is 1. The Morgan fingerprint density at radius 3 is 2.48 bits per heavy atom. The molecule has 0 fully saturated rings. The Balaban J connectivity index is 2.19. The van der Waals surface area contributed by atoms with Crippen LogP contribution in [0.3, 0.4) is 0 Å². The third-order valence-electron chi connectivity index (χ3n) is 3.77. The first-order valence-electron chi connectivity index (χ1n) is 7.84. The van der Waals surface area contributed by atoms with Crippen molar-refractivity contribution in [3.8, 4) is 0 Å². The van der Waals surface area contributed by atoms with Gasteiger partial charge in [-0.15, -0.1) is 0 Å². The van der Waals surface area contributed by atoms with Gasteiger partial charge in [-0.1, -0.05) is 45.9 Å². The summed E-state index contributed by atoms with van der Waals surface area (Å²) in [6.45, 7) is 12.8. The fourth-order valence-electron chi connectivity index (χ4n) is 2.58. The molecule has 0 saturated carbocycles. The molecule has 1 heterocycles. The van der Waals surface area contributed by atoms with Crippen molar-refractivity contribution in [1.82, 2.24) is 9.78 Å². The number of hydrogen-bond donors (Lipinski definition) is 1. The summed E-state index contributed by atoms with van der Waals surface area (Å²) in [5, 5.41) is 8.19. The van der Waals surface area contributed by atoms with Gasteiger partial charge in [0, 0.05) is 12.2 Å². The van der Waals surface area contributed by atoms with Gasteiger partial charge in [0.25, 0.3) is 0 Å². The summed E-state index contributed by atoms with van der Waals surface area (Å²) in [5.41, 5.74) is 5.12. The van der Waals surface area contributed by atoms with Crippen molar-refractivity contribution >= 4 is 5.69 Å². The molecular weight excluding hydrogens is 258 g/mol. The van der Waals surface area contributed by atoms with Crippen LogP contribution >= 0.6 is 0 Å². The molecule has 0 aliphatic carbocycles. The van der Waals surface area contributed by atoms with Crippen LogP contribution in [0, 0.1) is 0 Å². The second kappa shape index (κ2) is 6.33. The standard InChI is InChI=1S/C18H27N3/c1-6-14-12-15(21(7-2)20-14)13-19-17-11-9-8-10-16(17)18(3,4)5/h8-12,19H,6-7,13H2,1-5H3. The summed E-state index contributed by atoms with van der Waals surface area (Å²) in [5.74, 6) is 0. The molecule has 0 aliphatic heterocycles. The molecule has 0 bridgehead atoms. The van der Waals surface area contributed by atoms with E-state index in [2.05, 4.69) is 80.0 Å². The Bertz CT molecular complexity index is 591. The van der Waals surface area contributed by atoms with E-state index in [1.54, 1.807) is 0 Å². The summed E-state index contributed by atoms with van der Waals surface area (Å²) in [4.78, 5) is 0. The van der Waals surface area contributed by atoms with E-state index in [4.69, 9.17) is 0 Å². The van der Waals surface area contributed by atoms with Crippen molar-refractivity contribution in [3.63, 3.8) is 0 Å². The molecule has 0 radical (unpaired) electrons. The minimum atomic E-state index is 0.142. The molecule has 1 aromatic carbocycles. The third kappa shape index (κ3) is 3.66. The van der Waals surface area contributed by atoms with Crippen LogP contribution in [0.2, 0.25) is 0 Å². The zero-order chi connectivity index (χ0) is 15.5. The van der Waals surface area contributed by atoms with Gasteiger partial charge in [-0.3, -0.25) is 4.68 Å². The van der Waals surface area contributed by atoms with E-state index in [0.29, 0.717) is 0 Å². The Morgan fingerprint density at radius 2 is 1.86 bits per heavy atom. The van der Waals surface area contributed by atoms with Gasteiger partial charge in [-0.05, 0) is 36.5 Å². The van der Waals surface area contributed by atoms with E-state index in [1.807, 2.05) is 0 Å². The number of nitrogens with zero attached hydrogens (tertiary/aromatic N) is 2. The molecule has 0 spiro atoms. The molecule has 0 aliphatic rings. The van der Waals surface area contributed by atoms with Gasteiger partial charge in [-0.25, -0.2) is 0 Å². The molecule has 3 heteroatoms. The van der Waals surface area contributed by atoms with Gasteiger partial charge in [0.05, 0.1) is 17.9 Å². The van der Waals surface area contributed by atoms with Crippen molar-refractivity contribution in [1.29, 1.82) is 0 Å². The number of benzene rings is 1. The number of para-hydroxylation sites is 1. The number of rotatable bonds is 5. The Labute approximate surface area is 128 Å². The Kier molecular flexibility index (Phi) is 4.71. The van der Waals surface area contributed by atoms with Gasteiger partial charge in [0.1, 0.15) is 0 Å². The number of nitrogens with one attached hydrogen (secondary N) is 1. The van der Waals surface area contributed by atoms with Crippen LogP contribution in [0.25, 0.3) is 0 Å². The maximum Gasteiger partial charge on any atom is 0.0625 e. The average molecular weight is 285 g/mol. The van der Waals surface area contributed by atoms with Gasteiger partial charge >= 0.3 is 0 Å². The van der Waals surface area contributed by atoms with Crippen molar-refractivity contribution in [2.75, 3.05) is 5.32 Å². The predicted octanol–water partition coefficient (Wildman–Crippen LogP) is 4.38. The first-order chi connectivity index (χ1) is 9.95. The van der Waals surface area contributed by atoms with Crippen LogP contribution in [0.4, 0.5) is 5.69 Å². The maximum absolute atomic E-state index is 4.61. The van der Waals surface area contributed by atoms with Gasteiger partial charge < -0.3 is 5.32 Å². The summed E-state index contributed by atoms with van der Waals surface area (Å²) in [6, 6.07) is 10.8. The zero-order valence-electron chi connectivity index (χ0n) is 13.9. The lowest BCUT2D eigenvalue weighted by Gasteiger charge is -2.23. The minimum absolute atomic E-state index is 0.142. The highest BCUT2D eigenvalue weighted by molar-refractivity contribution is 5.54. The smallest absolute Gasteiger partial charge is 0.0625 e. The predicted molar refractivity (Wildman–Crippen MR) is 89.7 cm³/mol. The van der Waals surface area contributed by atoms with Crippen LogP contribution < -0.4 is 5.32 Å². The molecule has 2 rings (SSSR count). The van der Waals surface area contributed by atoms with E-state index in [1.165, 1.54) is 16.9 Å². The van der Waals surface area contributed by atoms with Crippen LogP contribution in [0.15, 0.2) is 30.3 Å². The molecule has 0 unspecified atom stereocenters. The molecule has 3 nitrogen and oxygen atoms in total. The minimum Gasteiger partial charge on any atom is -0.379 e. The summed E-state index contributed by atoms with van der Waals surface area (Å²) in [6.07, 6.45) is 0.985. The molecule has 21 heavy (non-hydrogen) atoms. The SMILES string of the molecule is CCc1cc(CNc2ccccc2C(C)(C)C)n(CC)n1. The van der Waals surface area contributed by atoms with E-state index in [-0.39, 0.29) is 5.41 Å². The molecule has 2 aromatic rings. The van der Waals surface area contributed by atoms with E-state index >= 15 is 0 Å². The number of hydrogen-bond acceptors (Lipinski definition) is 2. The molecule has 114 valence electrons. The molecular formula is C18H27N3. The third-order valence-corrected chi connectivity index (χ3v) is 3.77. The summed E-state index contributed by atoms with van der Waals surface area (Å²) < 4.78 is 2.09. The largest absolute Gasteiger partial charge is 0.379 e. The molecule has 1 N–H and O–H groups in total. The zero-order valence-corrected chi connectivity index (χ0v) is 13.9. The van der Waals surface area contributed by atoms with Crippen molar-refractivity contribution in [2.45, 2.75) is 59.5 Å². The first kappa shape index (κ1) is 15.6. The monoisotopic (exact) mass is 285 g/mol. The average Bonchev–Trinajstić information content (AvgIpc) is 2.87. The lowest BCUT2D eigenvalue weighted by Crippen LogP contribution is -2.15. The summed E-state index contributed by atoms with van der Waals surface area (Å²) >= 11 is 0. The normalized spacial score (nSPS) is 11.7. The number of aryl methyl sites for hydroxylation is 2. The molecule has 0 amide bonds. The van der Waals surface area contributed by atoms with Crippen molar-refractivity contribution in [3.05, 3.63) is 47.3 Å². The van der Waals surface area contributed by atoms with Gasteiger partial charge in [0.15, 0.2) is 0 Å². The fourth-order valence-corrected chi connectivity index (χ4v) is 2.58. The second-order valence-electron chi connectivity index (χ2n) is 6.45. The van der Waals surface area contributed by atoms with Crippen molar-refractivity contribution in [2.24, 2.45) is 0 Å². The second-order valence-corrected chi connectivity index (χ2v) is 6.45. The molecule has 1 aromatic heterocycles. The van der Waals surface area contributed by atoms with Crippen LogP contribution in [-0.2, 0) is 24.9 Å². The molecule has 0 atom stereocenters. The summed E-state index contributed by atoms with van der Waals surface area (Å²) in [7, 11) is 0. The quantitative estimate of drug-likeness (QED) is 0.883. The van der Waals surface area contributed by atoms with Gasteiger partial charge in [-0.2, -0.15) is 5.10 Å². The van der Waals surface area contributed by atoms with E-state index in [9.17, 15) is 0 Å². The van der Waals surface area contributed by atoms with Crippen LogP contribution in [0.1, 0.15) is 51.6 Å². The van der Waals surface area contributed by atoms with Crippen LogP contribution in [0.5, 0.6) is 0 Å². The Morgan fingerprint density at radius 1 is 1.14 bits per heavy atom. The highest BCUT2D eigenvalue weighted by Crippen LogP contribution is 2.29. The Hall–Kier alpha value is -1.77. The lowest BCUT2D eigenvalue weighted by atomic mass is 9.86. The van der Waals surface area contributed by atoms with Crippen LogP contribution in [-0.4, -0.2) is 9.78 Å². The highest BCUT2D eigenvalue weighted by Gasteiger charge is 2.17. The van der Waals surface area contributed by atoms with E-state index in [0.717, 1.165) is 25.2 Å². The molecule has 0 saturated heterocycles. The highest BCUT2D eigenvalue weighted by atomic mass is 15.3.